The average Bonchev–Trinajstić information content (AvgIpc) is 2.48. The molecule has 0 N–H and O–H groups in total. The highest BCUT2D eigenvalue weighted by Gasteiger charge is 2.22. The summed E-state index contributed by atoms with van der Waals surface area (Å²) < 4.78 is 12.7. The standard InChI is InChI=1S/C15H13Br2ClO2/c1-19-12-4-3-5-13(20-2)14(12)15(18)10-8-9(16)6-7-11(10)17/h3-8,15H,1-2H3. The zero-order valence-electron chi connectivity index (χ0n) is 11.0. The third kappa shape index (κ3) is 3.13. The lowest BCUT2D eigenvalue weighted by atomic mass is 10.0. The number of benzene rings is 2. The molecule has 1 unspecified atom stereocenters. The van der Waals surface area contributed by atoms with Crippen molar-refractivity contribution in [2.75, 3.05) is 14.2 Å². The van der Waals surface area contributed by atoms with Gasteiger partial charge in [0, 0.05) is 8.95 Å². The molecular weight excluding hydrogens is 407 g/mol. The molecule has 2 aromatic carbocycles. The minimum atomic E-state index is -0.382. The molecule has 1 atom stereocenters. The summed E-state index contributed by atoms with van der Waals surface area (Å²) in [7, 11) is 3.25. The summed E-state index contributed by atoms with van der Waals surface area (Å²) in [6, 6.07) is 11.5. The number of hydrogen-bond acceptors (Lipinski definition) is 2. The Kier molecular flexibility index (Phi) is 5.35. The molecule has 0 saturated heterocycles. The Hall–Kier alpha value is -0.710. The summed E-state index contributed by atoms with van der Waals surface area (Å²) in [5, 5.41) is -0.382. The highest BCUT2D eigenvalue weighted by Crippen LogP contribution is 2.43. The number of ether oxygens (including phenoxy) is 2. The van der Waals surface area contributed by atoms with Gasteiger partial charge in [-0.05, 0) is 35.9 Å². The van der Waals surface area contributed by atoms with Crippen molar-refractivity contribution in [1.82, 2.24) is 0 Å². The molecule has 0 saturated carbocycles. The van der Waals surface area contributed by atoms with Crippen molar-refractivity contribution in [2.24, 2.45) is 0 Å². The van der Waals surface area contributed by atoms with Crippen LogP contribution in [-0.4, -0.2) is 14.2 Å². The van der Waals surface area contributed by atoms with E-state index in [2.05, 4.69) is 31.9 Å². The van der Waals surface area contributed by atoms with Crippen molar-refractivity contribution in [2.45, 2.75) is 5.38 Å². The molecule has 0 fully saturated rings. The Morgan fingerprint density at radius 3 is 2.15 bits per heavy atom. The molecular formula is C15H13Br2ClO2. The van der Waals surface area contributed by atoms with Gasteiger partial charge in [-0.25, -0.2) is 0 Å². The van der Waals surface area contributed by atoms with E-state index in [-0.39, 0.29) is 5.38 Å². The van der Waals surface area contributed by atoms with E-state index in [0.29, 0.717) is 11.5 Å². The summed E-state index contributed by atoms with van der Waals surface area (Å²) in [5.41, 5.74) is 1.77. The van der Waals surface area contributed by atoms with Crippen LogP contribution >= 0.6 is 43.5 Å². The van der Waals surface area contributed by atoms with Gasteiger partial charge in [-0.2, -0.15) is 0 Å². The molecule has 0 bridgehead atoms. The smallest absolute Gasteiger partial charge is 0.127 e. The Bertz CT molecular complexity index is 595. The van der Waals surface area contributed by atoms with Crippen molar-refractivity contribution in [1.29, 1.82) is 0 Å². The molecule has 0 amide bonds. The average molecular weight is 421 g/mol. The summed E-state index contributed by atoms with van der Waals surface area (Å²) >= 11 is 13.7. The van der Waals surface area contributed by atoms with Gasteiger partial charge in [0.1, 0.15) is 11.5 Å². The van der Waals surface area contributed by atoms with Crippen LogP contribution in [0.5, 0.6) is 11.5 Å². The lowest BCUT2D eigenvalue weighted by Gasteiger charge is -2.19. The molecule has 0 aromatic heterocycles. The monoisotopic (exact) mass is 418 g/mol. The third-order valence-electron chi connectivity index (χ3n) is 2.95. The molecule has 0 aliphatic rings. The maximum atomic E-state index is 6.67. The van der Waals surface area contributed by atoms with Gasteiger partial charge in [0.25, 0.3) is 0 Å². The zero-order chi connectivity index (χ0) is 14.7. The molecule has 0 radical (unpaired) electrons. The van der Waals surface area contributed by atoms with E-state index >= 15 is 0 Å². The second-order valence-electron chi connectivity index (χ2n) is 4.10. The van der Waals surface area contributed by atoms with Crippen LogP contribution < -0.4 is 9.47 Å². The predicted molar refractivity (Wildman–Crippen MR) is 89.1 cm³/mol. The van der Waals surface area contributed by atoms with Gasteiger partial charge < -0.3 is 9.47 Å². The van der Waals surface area contributed by atoms with Crippen LogP contribution in [0.2, 0.25) is 0 Å². The summed E-state index contributed by atoms with van der Waals surface area (Å²) in [6.45, 7) is 0. The Balaban J connectivity index is 2.58. The Morgan fingerprint density at radius 2 is 1.60 bits per heavy atom. The van der Waals surface area contributed by atoms with E-state index in [1.807, 2.05) is 36.4 Å². The van der Waals surface area contributed by atoms with Crippen LogP contribution in [-0.2, 0) is 0 Å². The third-order valence-corrected chi connectivity index (χ3v) is 4.62. The minimum absolute atomic E-state index is 0.382. The number of methoxy groups -OCH3 is 2. The molecule has 0 spiro atoms. The molecule has 2 aromatic rings. The number of halogens is 3. The van der Waals surface area contributed by atoms with Crippen molar-refractivity contribution in [3.8, 4) is 11.5 Å². The summed E-state index contributed by atoms with van der Waals surface area (Å²) in [6.07, 6.45) is 0. The fourth-order valence-electron chi connectivity index (χ4n) is 1.99. The molecule has 0 aliphatic heterocycles. The van der Waals surface area contributed by atoms with Crippen molar-refractivity contribution in [3.63, 3.8) is 0 Å². The maximum Gasteiger partial charge on any atom is 0.127 e. The SMILES string of the molecule is COc1cccc(OC)c1C(Cl)c1cc(Br)ccc1Br. The molecule has 0 heterocycles. The van der Waals surface area contributed by atoms with Gasteiger partial charge in [-0.3, -0.25) is 0 Å². The van der Waals surface area contributed by atoms with Crippen LogP contribution in [0.25, 0.3) is 0 Å². The van der Waals surface area contributed by atoms with E-state index in [0.717, 1.165) is 20.1 Å². The Labute approximate surface area is 140 Å². The van der Waals surface area contributed by atoms with Gasteiger partial charge in [-0.1, -0.05) is 37.9 Å². The molecule has 0 aliphatic carbocycles. The summed E-state index contributed by atoms with van der Waals surface area (Å²) in [4.78, 5) is 0. The van der Waals surface area contributed by atoms with Gasteiger partial charge in [0.05, 0.1) is 25.2 Å². The quantitative estimate of drug-likeness (QED) is 0.603. The van der Waals surface area contributed by atoms with Gasteiger partial charge in [-0.15, -0.1) is 11.6 Å². The van der Waals surface area contributed by atoms with Gasteiger partial charge in [0.15, 0.2) is 0 Å². The molecule has 2 rings (SSSR count). The van der Waals surface area contributed by atoms with Crippen molar-refractivity contribution >= 4 is 43.5 Å². The first-order valence-corrected chi connectivity index (χ1v) is 7.90. The second kappa shape index (κ2) is 6.83. The number of rotatable bonds is 4. The predicted octanol–water partition coefficient (Wildman–Crippen LogP) is 5.56. The van der Waals surface area contributed by atoms with E-state index in [9.17, 15) is 0 Å². The second-order valence-corrected chi connectivity index (χ2v) is 6.31. The fourth-order valence-corrected chi connectivity index (χ4v) is 3.38. The number of alkyl halides is 1. The van der Waals surface area contributed by atoms with Gasteiger partial charge in [0.2, 0.25) is 0 Å². The lowest BCUT2D eigenvalue weighted by molar-refractivity contribution is 0.386. The number of hydrogen-bond donors (Lipinski definition) is 0. The van der Waals surface area contributed by atoms with Crippen LogP contribution in [0.15, 0.2) is 45.3 Å². The van der Waals surface area contributed by atoms with E-state index in [1.165, 1.54) is 0 Å². The van der Waals surface area contributed by atoms with Crippen LogP contribution in [0.3, 0.4) is 0 Å². The molecule has 106 valence electrons. The highest BCUT2D eigenvalue weighted by molar-refractivity contribution is 9.11. The first kappa shape index (κ1) is 15.7. The van der Waals surface area contributed by atoms with E-state index < -0.39 is 0 Å². The first-order valence-electron chi connectivity index (χ1n) is 5.88. The van der Waals surface area contributed by atoms with Crippen LogP contribution in [0.1, 0.15) is 16.5 Å². The van der Waals surface area contributed by atoms with Crippen molar-refractivity contribution < 1.29 is 9.47 Å². The minimum Gasteiger partial charge on any atom is -0.496 e. The fraction of sp³-hybridized carbons (Fsp3) is 0.200. The van der Waals surface area contributed by atoms with E-state index in [4.69, 9.17) is 21.1 Å². The first-order chi connectivity index (χ1) is 9.58. The van der Waals surface area contributed by atoms with Gasteiger partial charge >= 0.3 is 0 Å². The highest BCUT2D eigenvalue weighted by atomic mass is 79.9. The maximum absolute atomic E-state index is 6.67. The topological polar surface area (TPSA) is 18.5 Å². The normalized spacial score (nSPS) is 12.1. The molecule has 5 heteroatoms. The summed E-state index contributed by atoms with van der Waals surface area (Å²) in [5.74, 6) is 1.41. The molecule has 2 nitrogen and oxygen atoms in total. The largest absolute Gasteiger partial charge is 0.496 e. The van der Waals surface area contributed by atoms with Crippen molar-refractivity contribution in [3.05, 3.63) is 56.5 Å². The molecule has 20 heavy (non-hydrogen) atoms. The van der Waals surface area contributed by atoms with Crippen LogP contribution in [0, 0.1) is 0 Å². The van der Waals surface area contributed by atoms with E-state index in [1.54, 1.807) is 14.2 Å². The lowest BCUT2D eigenvalue weighted by Crippen LogP contribution is -2.01. The zero-order valence-corrected chi connectivity index (χ0v) is 14.9. The van der Waals surface area contributed by atoms with Crippen LogP contribution in [0.4, 0.5) is 0 Å². The Morgan fingerprint density at radius 1 is 1.00 bits per heavy atom.